The van der Waals surface area contributed by atoms with Crippen LogP contribution >= 0.6 is 0 Å². The van der Waals surface area contributed by atoms with Gasteiger partial charge in [-0.1, -0.05) is 21.8 Å². The van der Waals surface area contributed by atoms with Gasteiger partial charge in [-0.2, -0.15) is 0 Å². The minimum atomic E-state index is -0.736. The molecule has 0 spiro atoms. The van der Waals surface area contributed by atoms with Gasteiger partial charge in [0.2, 0.25) is 0 Å². The summed E-state index contributed by atoms with van der Waals surface area (Å²) in [4.78, 5) is 10.1. The van der Waals surface area contributed by atoms with E-state index in [-0.39, 0.29) is 20.6 Å². The average molecular weight is 134 g/mol. The molecule has 0 aromatic rings. The Morgan fingerprint density at radius 1 is 1.56 bits per heavy atom. The van der Waals surface area contributed by atoms with Gasteiger partial charge in [0.1, 0.15) is 6.10 Å². The zero-order valence-electron chi connectivity index (χ0n) is 4.64. The average Bonchev–Trinajstić information content (AvgIpc) is 1.65. The van der Waals surface area contributed by atoms with Gasteiger partial charge in [0.05, 0.1) is 0 Å². The van der Waals surface area contributed by atoms with Gasteiger partial charge in [-0.05, 0) is 13.3 Å². The van der Waals surface area contributed by atoms with E-state index in [0.717, 1.165) is 0 Å². The molecule has 1 atom stereocenters. The molecular weight excluding hydrogens is 116 g/mol. The highest BCUT2D eigenvalue weighted by Gasteiger charge is 2.03. The molecule has 0 aromatic carbocycles. The summed E-state index contributed by atoms with van der Waals surface area (Å²) in [6, 6.07) is 0. The van der Waals surface area contributed by atoms with Gasteiger partial charge >= 0.3 is 0 Å². The molecule has 0 aromatic heterocycles. The summed E-state index contributed by atoms with van der Waals surface area (Å²) in [5.41, 5.74) is 0. The van der Waals surface area contributed by atoms with Gasteiger partial charge < -0.3 is 5.11 Å². The first-order valence-electron chi connectivity index (χ1n) is 2.37. The highest BCUT2D eigenvalue weighted by atomic mass is 16.3. The van der Waals surface area contributed by atoms with Crippen LogP contribution in [0.4, 0.5) is 0 Å². The molecule has 0 fully saturated rings. The number of carbonyl (C=O) groups is 1. The molecule has 0 bridgehead atoms. The fourth-order valence-corrected chi connectivity index (χ4v) is 0.287. The third kappa shape index (κ3) is 7.63. The molecule has 0 saturated heterocycles. The van der Waals surface area contributed by atoms with Crippen molar-refractivity contribution in [3.8, 4) is 0 Å². The molecule has 0 radical (unpaired) electrons. The molecular formula is C7H18O2. The fraction of sp³-hybridized carbons (Fsp3) is 0.857. The summed E-state index contributed by atoms with van der Waals surface area (Å²) in [6.07, 6.45) is -0.213. The van der Waals surface area contributed by atoms with E-state index in [1.807, 2.05) is 0 Å². The van der Waals surface area contributed by atoms with Crippen molar-refractivity contribution in [2.24, 2.45) is 0 Å². The molecule has 1 unspecified atom stereocenters. The van der Waals surface area contributed by atoms with Crippen LogP contribution in [0.2, 0.25) is 0 Å². The van der Waals surface area contributed by atoms with E-state index >= 15 is 0 Å². The second kappa shape index (κ2) is 7.63. The van der Waals surface area contributed by atoms with Gasteiger partial charge in [-0.15, -0.1) is 0 Å². The Kier molecular flexibility index (Phi) is 13.4. The number of aliphatic hydroxyl groups is 1. The summed E-state index contributed by atoms with van der Waals surface area (Å²) in [6.45, 7) is 3.15. The predicted octanol–water partition coefficient (Wildman–Crippen LogP) is 1.62. The zero-order valence-corrected chi connectivity index (χ0v) is 4.64. The summed E-state index contributed by atoms with van der Waals surface area (Å²) in [5.74, 6) is -0.150. The Hall–Kier alpha value is -0.370. The molecule has 58 valence electrons. The highest BCUT2D eigenvalue weighted by Crippen LogP contribution is 1.88. The Bertz CT molecular complexity index is 69.3. The molecule has 0 rings (SSSR count). The van der Waals surface area contributed by atoms with E-state index in [4.69, 9.17) is 5.11 Å². The zero-order chi connectivity index (χ0) is 5.86. The van der Waals surface area contributed by atoms with Crippen LogP contribution in [0.3, 0.4) is 0 Å². The van der Waals surface area contributed by atoms with Gasteiger partial charge in [-0.25, -0.2) is 0 Å². The third-order valence-corrected chi connectivity index (χ3v) is 0.856. The van der Waals surface area contributed by atoms with Crippen molar-refractivity contribution in [1.29, 1.82) is 0 Å². The Morgan fingerprint density at radius 3 is 1.89 bits per heavy atom. The number of Topliss-reactive ketones (excluding diaryl/α,β-unsaturated/α-hetero) is 1. The van der Waals surface area contributed by atoms with Crippen molar-refractivity contribution >= 4 is 5.78 Å². The van der Waals surface area contributed by atoms with Crippen LogP contribution in [0.5, 0.6) is 0 Å². The van der Waals surface area contributed by atoms with Crippen molar-refractivity contribution in [2.45, 2.75) is 41.2 Å². The lowest BCUT2D eigenvalue weighted by molar-refractivity contribution is -0.124. The van der Waals surface area contributed by atoms with Crippen LogP contribution in [-0.4, -0.2) is 17.0 Å². The number of hydrogen-bond acceptors (Lipinski definition) is 2. The number of hydrogen-bond donors (Lipinski definition) is 1. The maximum Gasteiger partial charge on any atom is 0.158 e. The number of aliphatic hydroxyl groups excluding tert-OH is 1. The van der Waals surface area contributed by atoms with E-state index in [1.165, 1.54) is 6.92 Å². The lowest BCUT2D eigenvalue weighted by Gasteiger charge is -1.97. The lowest BCUT2D eigenvalue weighted by atomic mass is 10.2. The molecule has 0 amide bonds. The van der Waals surface area contributed by atoms with Gasteiger partial charge in [0.15, 0.2) is 5.78 Å². The normalized spacial score (nSPS) is 10.6. The van der Waals surface area contributed by atoms with Crippen LogP contribution in [0, 0.1) is 0 Å². The molecule has 2 nitrogen and oxygen atoms in total. The number of ketones is 1. The summed E-state index contributed by atoms with van der Waals surface area (Å²) in [7, 11) is 0. The monoisotopic (exact) mass is 134 g/mol. The summed E-state index contributed by atoms with van der Waals surface area (Å²) in [5, 5.41) is 8.59. The largest absolute Gasteiger partial charge is 0.385 e. The molecule has 2 heteroatoms. The van der Waals surface area contributed by atoms with E-state index in [9.17, 15) is 4.79 Å². The van der Waals surface area contributed by atoms with Crippen LogP contribution in [-0.2, 0) is 4.79 Å². The maximum atomic E-state index is 10.1. The first-order chi connectivity index (χ1) is 3.18. The minimum Gasteiger partial charge on any atom is -0.385 e. The van der Waals surface area contributed by atoms with Gasteiger partial charge in [-0.3, -0.25) is 4.79 Å². The van der Waals surface area contributed by atoms with E-state index in [2.05, 4.69) is 0 Å². The number of rotatable bonds is 2. The number of carbonyl (C=O) groups excluding carboxylic acids is 1. The molecule has 0 heterocycles. The second-order valence-electron chi connectivity index (χ2n) is 1.53. The molecule has 0 saturated carbocycles. The van der Waals surface area contributed by atoms with Crippen LogP contribution < -0.4 is 0 Å². The SMILES string of the molecule is C.C.CCC(O)C(C)=O. The van der Waals surface area contributed by atoms with E-state index in [1.54, 1.807) is 6.92 Å². The van der Waals surface area contributed by atoms with Crippen LogP contribution in [0.25, 0.3) is 0 Å². The Labute approximate surface area is 57.9 Å². The van der Waals surface area contributed by atoms with Crippen molar-refractivity contribution in [3.05, 3.63) is 0 Å². The quantitative estimate of drug-likeness (QED) is 0.623. The smallest absolute Gasteiger partial charge is 0.158 e. The fourth-order valence-electron chi connectivity index (χ4n) is 0.287. The van der Waals surface area contributed by atoms with Crippen molar-refractivity contribution in [1.82, 2.24) is 0 Å². The lowest BCUT2D eigenvalue weighted by Crippen LogP contribution is -2.14. The van der Waals surface area contributed by atoms with Crippen LogP contribution in [0.1, 0.15) is 35.1 Å². The summed E-state index contributed by atoms with van der Waals surface area (Å²) < 4.78 is 0. The predicted molar refractivity (Wildman–Crippen MR) is 40.4 cm³/mol. The van der Waals surface area contributed by atoms with Crippen molar-refractivity contribution in [2.75, 3.05) is 0 Å². The van der Waals surface area contributed by atoms with Gasteiger partial charge in [0, 0.05) is 0 Å². The van der Waals surface area contributed by atoms with Crippen LogP contribution in [0.15, 0.2) is 0 Å². The first kappa shape index (κ1) is 15.9. The highest BCUT2D eigenvalue weighted by molar-refractivity contribution is 5.79. The van der Waals surface area contributed by atoms with Crippen molar-refractivity contribution < 1.29 is 9.90 Å². The van der Waals surface area contributed by atoms with Gasteiger partial charge in [0.25, 0.3) is 0 Å². The molecule has 0 aliphatic heterocycles. The maximum absolute atomic E-state index is 10.1. The standard InChI is InChI=1S/C5H10O2.2CH4/c1-3-5(7)4(2)6;;/h5,7H,3H2,1-2H3;2*1H4. The Morgan fingerprint density at radius 2 is 1.89 bits per heavy atom. The molecule has 1 N–H and O–H groups in total. The Balaban J connectivity index is -0.000000180. The summed E-state index contributed by atoms with van der Waals surface area (Å²) >= 11 is 0. The van der Waals surface area contributed by atoms with E-state index in [0.29, 0.717) is 6.42 Å². The molecule has 0 aliphatic carbocycles. The van der Waals surface area contributed by atoms with Crippen molar-refractivity contribution in [3.63, 3.8) is 0 Å². The molecule has 0 aliphatic rings. The third-order valence-electron chi connectivity index (χ3n) is 0.856. The topological polar surface area (TPSA) is 37.3 Å². The second-order valence-corrected chi connectivity index (χ2v) is 1.53. The molecule has 9 heavy (non-hydrogen) atoms. The van der Waals surface area contributed by atoms with E-state index < -0.39 is 6.10 Å². The first-order valence-corrected chi connectivity index (χ1v) is 2.37. The minimum absolute atomic E-state index is 0.